The van der Waals surface area contributed by atoms with Gasteiger partial charge in [-0.1, -0.05) is 36.5 Å². The molecule has 0 N–H and O–H groups in total. The molecule has 3 rings (SSSR count). The number of alkyl halides is 3. The summed E-state index contributed by atoms with van der Waals surface area (Å²) in [5, 5.41) is 5.13. The Labute approximate surface area is 156 Å². The lowest BCUT2D eigenvalue weighted by Crippen LogP contribution is -2.37. The molecular formula is C16H15F3N4O3S. The van der Waals surface area contributed by atoms with E-state index in [1.165, 1.54) is 4.90 Å². The number of hydrogen-bond donors (Lipinski definition) is 0. The maximum atomic E-state index is 12.8. The number of carbonyl (C=O) groups excluding carboxylic acids is 2. The van der Waals surface area contributed by atoms with Gasteiger partial charge in [-0.2, -0.15) is 13.2 Å². The molecule has 144 valence electrons. The van der Waals surface area contributed by atoms with E-state index in [0.29, 0.717) is 13.0 Å². The van der Waals surface area contributed by atoms with E-state index in [-0.39, 0.29) is 28.6 Å². The van der Waals surface area contributed by atoms with Gasteiger partial charge < -0.3 is 9.64 Å². The van der Waals surface area contributed by atoms with Gasteiger partial charge in [0.25, 0.3) is 0 Å². The second-order valence-electron chi connectivity index (χ2n) is 5.71. The van der Waals surface area contributed by atoms with Crippen molar-refractivity contribution in [1.82, 2.24) is 15.1 Å². The molecule has 2 aromatic rings. The third-order valence-electron chi connectivity index (χ3n) is 3.75. The van der Waals surface area contributed by atoms with Crippen LogP contribution in [0, 0.1) is 0 Å². The van der Waals surface area contributed by atoms with E-state index in [1.54, 1.807) is 30.3 Å². The molecule has 1 atom stereocenters. The number of carbonyl (C=O) groups is 2. The zero-order valence-corrected chi connectivity index (χ0v) is 15.0. The minimum Gasteiger partial charge on any atom is -0.435 e. The minimum absolute atomic E-state index is 0.0339. The van der Waals surface area contributed by atoms with Crippen molar-refractivity contribution in [2.24, 2.45) is 0 Å². The van der Waals surface area contributed by atoms with Crippen molar-refractivity contribution in [2.75, 3.05) is 18.0 Å². The Hall–Kier alpha value is -2.69. The average molecular weight is 400 g/mol. The van der Waals surface area contributed by atoms with E-state index >= 15 is 0 Å². The topological polar surface area (TPSA) is 75.6 Å². The highest BCUT2D eigenvalue weighted by Crippen LogP contribution is 2.36. The molecule has 27 heavy (non-hydrogen) atoms. The first-order chi connectivity index (χ1) is 12.8. The molecule has 0 radical (unpaired) electrons. The molecule has 1 unspecified atom stereocenters. The number of anilines is 1. The second kappa shape index (κ2) is 7.51. The predicted octanol–water partition coefficient (Wildman–Crippen LogP) is 3.39. The number of nitrogens with zero attached hydrogens (tertiary/aromatic N) is 4. The molecular weight excluding hydrogens is 385 g/mol. The van der Waals surface area contributed by atoms with E-state index in [9.17, 15) is 22.8 Å². The normalized spacial score (nSPS) is 17.5. The highest BCUT2D eigenvalue weighted by Gasteiger charge is 2.44. The Kier molecular flexibility index (Phi) is 5.31. The standard InChI is InChI=1S/C16H15F3N4O3S/c1-2-8-22-9-11(26-12(24)10-6-4-3-5-7-10)23(15(22)25)14-21-20-13(27-14)16(17,18)19/h3-7,11H,2,8-9H2,1H3. The van der Waals surface area contributed by atoms with Crippen molar-refractivity contribution in [1.29, 1.82) is 0 Å². The molecule has 2 heterocycles. The van der Waals surface area contributed by atoms with Crippen molar-refractivity contribution in [3.8, 4) is 0 Å². The average Bonchev–Trinajstić information content (AvgIpc) is 3.21. The van der Waals surface area contributed by atoms with Gasteiger partial charge in [0, 0.05) is 6.54 Å². The van der Waals surface area contributed by atoms with E-state index in [2.05, 4.69) is 10.2 Å². The zero-order chi connectivity index (χ0) is 19.6. The largest absolute Gasteiger partial charge is 0.445 e. The lowest BCUT2D eigenvalue weighted by molar-refractivity contribution is -0.138. The first kappa shape index (κ1) is 19.1. The Bertz CT molecular complexity index is 828. The van der Waals surface area contributed by atoms with Crippen LogP contribution in [0.5, 0.6) is 0 Å². The molecule has 0 aliphatic carbocycles. The maximum absolute atomic E-state index is 12.8. The summed E-state index contributed by atoms with van der Waals surface area (Å²) in [6.07, 6.45) is -5.12. The summed E-state index contributed by atoms with van der Waals surface area (Å²) in [5.74, 6) is -0.683. The molecule has 2 amide bonds. The van der Waals surface area contributed by atoms with Crippen LogP contribution in [-0.2, 0) is 10.9 Å². The van der Waals surface area contributed by atoms with Crippen LogP contribution < -0.4 is 4.90 Å². The molecule has 1 aliphatic heterocycles. The number of esters is 1. The van der Waals surface area contributed by atoms with E-state index in [1.807, 2.05) is 6.92 Å². The molecule has 0 bridgehead atoms. The molecule has 0 spiro atoms. The Balaban J connectivity index is 1.86. The summed E-state index contributed by atoms with van der Waals surface area (Å²) in [6, 6.07) is 7.54. The summed E-state index contributed by atoms with van der Waals surface area (Å²) < 4.78 is 43.8. The highest BCUT2D eigenvalue weighted by molar-refractivity contribution is 7.15. The number of halogens is 3. The third kappa shape index (κ3) is 4.02. The van der Waals surface area contributed by atoms with E-state index in [0.717, 1.165) is 4.90 Å². The van der Waals surface area contributed by atoms with Crippen LogP contribution >= 0.6 is 11.3 Å². The number of hydrogen-bond acceptors (Lipinski definition) is 6. The van der Waals surface area contributed by atoms with Gasteiger partial charge in [-0.15, -0.1) is 10.2 Å². The second-order valence-corrected chi connectivity index (χ2v) is 6.67. The van der Waals surface area contributed by atoms with Crippen molar-refractivity contribution >= 4 is 28.5 Å². The Morgan fingerprint density at radius 3 is 2.59 bits per heavy atom. The van der Waals surface area contributed by atoms with Gasteiger partial charge in [-0.05, 0) is 18.6 Å². The van der Waals surface area contributed by atoms with Crippen LogP contribution in [0.15, 0.2) is 30.3 Å². The molecule has 11 heteroatoms. The van der Waals surface area contributed by atoms with Crippen molar-refractivity contribution < 1.29 is 27.5 Å². The fraction of sp³-hybridized carbons (Fsp3) is 0.375. The molecule has 0 saturated carbocycles. The Morgan fingerprint density at radius 2 is 2.00 bits per heavy atom. The fourth-order valence-corrected chi connectivity index (χ4v) is 3.31. The predicted molar refractivity (Wildman–Crippen MR) is 90.3 cm³/mol. The smallest absolute Gasteiger partial charge is 0.435 e. The van der Waals surface area contributed by atoms with Gasteiger partial charge in [0.1, 0.15) is 0 Å². The van der Waals surface area contributed by atoms with Gasteiger partial charge in [-0.25, -0.2) is 14.5 Å². The van der Waals surface area contributed by atoms with Gasteiger partial charge in [0.2, 0.25) is 16.4 Å². The summed E-state index contributed by atoms with van der Waals surface area (Å²) in [4.78, 5) is 27.3. The van der Waals surface area contributed by atoms with E-state index < -0.39 is 29.4 Å². The van der Waals surface area contributed by atoms with Crippen molar-refractivity contribution in [3.63, 3.8) is 0 Å². The quantitative estimate of drug-likeness (QED) is 0.719. The molecule has 1 aromatic heterocycles. The van der Waals surface area contributed by atoms with Crippen LogP contribution in [0.4, 0.5) is 23.1 Å². The minimum atomic E-state index is -4.67. The van der Waals surface area contributed by atoms with Gasteiger partial charge in [-0.3, -0.25) is 0 Å². The summed E-state index contributed by atoms with van der Waals surface area (Å²) in [7, 11) is 0. The number of rotatable bonds is 5. The molecule has 1 aliphatic rings. The summed E-state index contributed by atoms with van der Waals surface area (Å²) in [6.45, 7) is 2.26. The maximum Gasteiger partial charge on any atom is 0.445 e. The number of amides is 2. The van der Waals surface area contributed by atoms with Gasteiger partial charge >= 0.3 is 18.2 Å². The lowest BCUT2D eigenvalue weighted by atomic mass is 10.2. The van der Waals surface area contributed by atoms with Gasteiger partial charge in [0.05, 0.1) is 12.1 Å². The highest BCUT2D eigenvalue weighted by atomic mass is 32.1. The van der Waals surface area contributed by atoms with Gasteiger partial charge in [0.15, 0.2) is 0 Å². The van der Waals surface area contributed by atoms with Crippen molar-refractivity contribution in [2.45, 2.75) is 25.7 Å². The van der Waals surface area contributed by atoms with Crippen LogP contribution in [0.25, 0.3) is 0 Å². The SMILES string of the molecule is CCCN1CC(OC(=O)c2ccccc2)N(c2nnc(C(F)(F)F)s2)C1=O. The van der Waals surface area contributed by atoms with Crippen LogP contribution in [0.3, 0.4) is 0 Å². The summed E-state index contributed by atoms with van der Waals surface area (Å²) in [5.41, 5.74) is 0.270. The van der Waals surface area contributed by atoms with Crippen molar-refractivity contribution in [3.05, 3.63) is 40.9 Å². The van der Waals surface area contributed by atoms with Crippen LogP contribution in [0.1, 0.15) is 28.7 Å². The Morgan fingerprint density at radius 1 is 1.30 bits per heavy atom. The molecule has 1 fully saturated rings. The number of benzene rings is 1. The first-order valence-corrected chi connectivity index (χ1v) is 8.87. The summed E-state index contributed by atoms with van der Waals surface area (Å²) >= 11 is 0.228. The number of aromatic nitrogens is 2. The first-order valence-electron chi connectivity index (χ1n) is 8.06. The van der Waals surface area contributed by atoms with Crippen LogP contribution in [-0.4, -0.2) is 46.4 Å². The van der Waals surface area contributed by atoms with E-state index in [4.69, 9.17) is 4.74 Å². The van der Waals surface area contributed by atoms with Crippen LogP contribution in [0.2, 0.25) is 0 Å². The lowest BCUT2D eigenvalue weighted by Gasteiger charge is -2.19. The number of urea groups is 1. The molecule has 1 saturated heterocycles. The zero-order valence-electron chi connectivity index (χ0n) is 14.1. The molecule has 1 aromatic carbocycles. The third-order valence-corrected chi connectivity index (χ3v) is 4.72. The number of ether oxygens (including phenoxy) is 1. The fourth-order valence-electron chi connectivity index (χ4n) is 2.57. The monoisotopic (exact) mass is 400 g/mol. The molecule has 7 nitrogen and oxygen atoms in total.